The third-order valence-electron chi connectivity index (χ3n) is 3.62. The molecule has 0 spiro atoms. The van der Waals surface area contributed by atoms with Crippen molar-refractivity contribution in [3.05, 3.63) is 51.2 Å². The SMILES string of the molecule is CC(C)(c1cc(Cl)c(O)c(Br)c1Br)c1cc(Cl)c(O)c(Br)c1Br. The number of hydrogen-bond donors (Lipinski definition) is 2. The monoisotopic (exact) mass is 608 g/mol. The fraction of sp³-hybridized carbons (Fsp3) is 0.200. The predicted molar refractivity (Wildman–Crippen MR) is 109 cm³/mol. The highest BCUT2D eigenvalue weighted by molar-refractivity contribution is 9.13. The fourth-order valence-corrected chi connectivity index (χ4v) is 5.31. The summed E-state index contributed by atoms with van der Waals surface area (Å²) in [7, 11) is 0. The van der Waals surface area contributed by atoms with E-state index in [9.17, 15) is 10.2 Å². The molecule has 0 heterocycles. The van der Waals surface area contributed by atoms with Crippen LogP contribution in [0, 0.1) is 0 Å². The Morgan fingerprint density at radius 3 is 1.35 bits per heavy atom. The van der Waals surface area contributed by atoms with E-state index in [1.54, 1.807) is 12.1 Å². The summed E-state index contributed by atoms with van der Waals surface area (Å²) in [6, 6.07) is 3.40. The van der Waals surface area contributed by atoms with Crippen molar-refractivity contribution in [1.82, 2.24) is 0 Å². The second-order valence-corrected chi connectivity index (χ2v) is 9.38. The number of rotatable bonds is 2. The topological polar surface area (TPSA) is 40.5 Å². The van der Waals surface area contributed by atoms with Gasteiger partial charge in [0.25, 0.3) is 0 Å². The molecule has 0 saturated carbocycles. The quantitative estimate of drug-likeness (QED) is 0.340. The van der Waals surface area contributed by atoms with Gasteiger partial charge in [-0.05, 0) is 87.0 Å². The number of phenols is 2. The molecule has 0 unspecified atom stereocenters. The summed E-state index contributed by atoms with van der Waals surface area (Å²) in [6.45, 7) is 3.99. The van der Waals surface area contributed by atoms with Crippen molar-refractivity contribution in [2.24, 2.45) is 0 Å². The van der Waals surface area contributed by atoms with E-state index in [4.69, 9.17) is 23.2 Å². The molecule has 0 aliphatic heterocycles. The average Bonchev–Trinajstić information content (AvgIpc) is 2.49. The molecule has 0 saturated heterocycles. The first-order chi connectivity index (χ1) is 10.5. The van der Waals surface area contributed by atoms with Crippen LogP contribution < -0.4 is 0 Å². The molecule has 2 nitrogen and oxygen atoms in total. The molecular formula is C15H10Br4Cl2O2. The highest BCUT2D eigenvalue weighted by atomic mass is 79.9. The summed E-state index contributed by atoms with van der Waals surface area (Å²) in [6.07, 6.45) is 0. The van der Waals surface area contributed by atoms with E-state index in [2.05, 4.69) is 63.7 Å². The summed E-state index contributed by atoms with van der Waals surface area (Å²) >= 11 is 25.9. The Morgan fingerprint density at radius 1 is 0.739 bits per heavy atom. The van der Waals surface area contributed by atoms with Crippen LogP contribution in [0.4, 0.5) is 0 Å². The molecule has 0 aromatic heterocycles. The van der Waals surface area contributed by atoms with E-state index in [0.29, 0.717) is 17.9 Å². The minimum Gasteiger partial charge on any atom is -0.505 e. The molecule has 0 bridgehead atoms. The highest BCUT2D eigenvalue weighted by Gasteiger charge is 2.32. The molecule has 23 heavy (non-hydrogen) atoms. The first kappa shape index (κ1) is 19.9. The van der Waals surface area contributed by atoms with Gasteiger partial charge in [-0.15, -0.1) is 0 Å². The van der Waals surface area contributed by atoms with Gasteiger partial charge in [-0.2, -0.15) is 0 Å². The van der Waals surface area contributed by atoms with E-state index in [1.165, 1.54) is 0 Å². The molecular weight excluding hydrogens is 603 g/mol. The van der Waals surface area contributed by atoms with Crippen LogP contribution in [-0.2, 0) is 5.41 Å². The average molecular weight is 613 g/mol. The van der Waals surface area contributed by atoms with Gasteiger partial charge in [0.1, 0.15) is 11.5 Å². The lowest BCUT2D eigenvalue weighted by Crippen LogP contribution is -2.21. The number of phenolic OH excluding ortho intramolecular Hbond substituents is 2. The largest absolute Gasteiger partial charge is 0.505 e. The minimum atomic E-state index is -0.530. The third-order valence-corrected chi connectivity index (χ3v) is 8.45. The van der Waals surface area contributed by atoms with Crippen LogP contribution in [0.25, 0.3) is 0 Å². The Hall–Kier alpha value is 0.540. The van der Waals surface area contributed by atoms with Crippen LogP contribution in [0.1, 0.15) is 25.0 Å². The summed E-state index contributed by atoms with van der Waals surface area (Å²) in [4.78, 5) is 0. The van der Waals surface area contributed by atoms with Crippen molar-refractivity contribution in [2.45, 2.75) is 19.3 Å². The van der Waals surface area contributed by atoms with E-state index in [-0.39, 0.29) is 21.5 Å². The van der Waals surface area contributed by atoms with Crippen molar-refractivity contribution >= 4 is 86.9 Å². The number of hydrogen-bond acceptors (Lipinski definition) is 2. The molecule has 0 fully saturated rings. The molecule has 2 N–H and O–H groups in total. The molecule has 2 rings (SSSR count). The van der Waals surface area contributed by atoms with Gasteiger partial charge in [-0.3, -0.25) is 0 Å². The molecule has 0 aliphatic rings. The second kappa shape index (κ2) is 7.04. The molecule has 8 heteroatoms. The molecule has 2 aromatic carbocycles. The predicted octanol–water partition coefficient (Wildman–Crippen LogP) is 7.78. The van der Waals surface area contributed by atoms with E-state index in [0.717, 1.165) is 11.1 Å². The molecule has 0 aliphatic carbocycles. The Labute approximate surface area is 177 Å². The van der Waals surface area contributed by atoms with Gasteiger partial charge in [0.15, 0.2) is 0 Å². The zero-order valence-electron chi connectivity index (χ0n) is 11.8. The second-order valence-electron chi connectivity index (χ2n) is 5.39. The van der Waals surface area contributed by atoms with Gasteiger partial charge >= 0.3 is 0 Å². The van der Waals surface area contributed by atoms with Gasteiger partial charge in [0, 0.05) is 14.4 Å². The molecule has 0 amide bonds. The summed E-state index contributed by atoms with van der Waals surface area (Å²) in [5, 5.41) is 20.4. The summed E-state index contributed by atoms with van der Waals surface area (Å²) in [5.74, 6) is -0.0517. The standard InChI is InChI=1S/C15H10Br4Cl2O2/c1-15(2,5-3-7(20)13(22)11(18)9(5)16)6-4-8(21)14(23)12(19)10(6)17/h3-4,22-23H,1-2H3. The molecule has 124 valence electrons. The Bertz CT molecular complexity index is 742. The van der Waals surface area contributed by atoms with Crippen LogP contribution in [0.15, 0.2) is 30.0 Å². The van der Waals surface area contributed by atoms with Gasteiger partial charge < -0.3 is 10.2 Å². The first-order valence-electron chi connectivity index (χ1n) is 6.24. The van der Waals surface area contributed by atoms with Crippen LogP contribution in [0.2, 0.25) is 10.0 Å². The van der Waals surface area contributed by atoms with E-state index < -0.39 is 5.41 Å². The Kier molecular flexibility index (Phi) is 6.08. The summed E-state index contributed by atoms with van der Waals surface area (Å²) < 4.78 is 2.34. The maximum Gasteiger partial charge on any atom is 0.149 e. The smallest absolute Gasteiger partial charge is 0.149 e. The van der Waals surface area contributed by atoms with Crippen molar-refractivity contribution in [2.75, 3.05) is 0 Å². The summed E-state index contributed by atoms with van der Waals surface area (Å²) in [5.41, 5.74) is 1.17. The van der Waals surface area contributed by atoms with E-state index >= 15 is 0 Å². The molecule has 0 atom stereocenters. The fourth-order valence-electron chi connectivity index (χ4n) is 2.23. The molecule has 2 aromatic rings. The van der Waals surface area contributed by atoms with Crippen LogP contribution >= 0.6 is 86.9 Å². The number of benzene rings is 2. The Balaban J connectivity index is 2.79. The van der Waals surface area contributed by atoms with Gasteiger partial charge in [0.05, 0.1) is 19.0 Å². The lowest BCUT2D eigenvalue weighted by molar-refractivity contribution is 0.469. The maximum absolute atomic E-state index is 9.95. The van der Waals surface area contributed by atoms with Gasteiger partial charge in [0.2, 0.25) is 0 Å². The first-order valence-corrected chi connectivity index (χ1v) is 10.2. The van der Waals surface area contributed by atoms with E-state index in [1.807, 2.05) is 13.8 Å². The minimum absolute atomic E-state index is 0.0259. The zero-order valence-corrected chi connectivity index (χ0v) is 19.7. The van der Waals surface area contributed by atoms with Crippen LogP contribution in [0.5, 0.6) is 11.5 Å². The zero-order chi connectivity index (χ0) is 17.7. The highest BCUT2D eigenvalue weighted by Crippen LogP contribution is 2.50. The van der Waals surface area contributed by atoms with Crippen molar-refractivity contribution < 1.29 is 10.2 Å². The van der Waals surface area contributed by atoms with Gasteiger partial charge in [-0.25, -0.2) is 0 Å². The van der Waals surface area contributed by atoms with Crippen molar-refractivity contribution in [3.8, 4) is 11.5 Å². The van der Waals surface area contributed by atoms with Gasteiger partial charge in [-0.1, -0.05) is 37.0 Å². The lowest BCUT2D eigenvalue weighted by Gasteiger charge is -2.30. The van der Waals surface area contributed by atoms with Crippen LogP contribution in [0.3, 0.4) is 0 Å². The molecule has 0 radical (unpaired) electrons. The lowest BCUT2D eigenvalue weighted by atomic mass is 9.78. The Morgan fingerprint density at radius 2 is 1.04 bits per heavy atom. The van der Waals surface area contributed by atoms with Crippen molar-refractivity contribution in [3.63, 3.8) is 0 Å². The maximum atomic E-state index is 9.95. The van der Waals surface area contributed by atoms with Crippen LogP contribution in [-0.4, -0.2) is 10.2 Å². The number of aromatic hydroxyl groups is 2. The van der Waals surface area contributed by atoms with Crippen molar-refractivity contribution in [1.29, 1.82) is 0 Å². The normalized spacial score (nSPS) is 11.8. The number of halogens is 6. The third kappa shape index (κ3) is 3.44.